The van der Waals surface area contributed by atoms with Gasteiger partial charge >= 0.3 is 0 Å². The van der Waals surface area contributed by atoms with E-state index in [1.807, 2.05) is 12.4 Å². The number of fused-ring (bicyclic) bond motifs is 1. The molecule has 4 heteroatoms. The number of carbonyl (C=O) groups is 1. The topological polar surface area (TPSA) is 45.2 Å². The molecule has 2 atom stereocenters. The van der Waals surface area contributed by atoms with Crippen molar-refractivity contribution >= 4 is 5.91 Å². The van der Waals surface area contributed by atoms with Crippen LogP contribution < -0.4 is 5.32 Å². The van der Waals surface area contributed by atoms with Crippen LogP contribution in [0.5, 0.6) is 0 Å². The minimum Gasteiger partial charge on any atom is -0.356 e. The SMILES string of the molecule is O=C1CC2CCN(Cc3ccncc3)CC2CCN1. The molecular weight excluding hydrogens is 238 g/mol. The molecule has 1 N–H and O–H groups in total. The minimum atomic E-state index is 0.245. The molecule has 2 saturated heterocycles. The molecule has 0 radical (unpaired) electrons. The van der Waals surface area contributed by atoms with Crippen molar-refractivity contribution in [3.8, 4) is 0 Å². The van der Waals surface area contributed by atoms with Gasteiger partial charge in [0.25, 0.3) is 0 Å². The van der Waals surface area contributed by atoms with Gasteiger partial charge in [0, 0.05) is 38.4 Å². The van der Waals surface area contributed by atoms with Crippen LogP contribution in [0.3, 0.4) is 0 Å². The van der Waals surface area contributed by atoms with E-state index in [1.54, 1.807) is 0 Å². The quantitative estimate of drug-likeness (QED) is 0.874. The molecule has 2 aliphatic rings. The number of rotatable bonds is 2. The molecule has 0 aromatic carbocycles. The number of amides is 1. The fourth-order valence-corrected chi connectivity index (χ4v) is 3.35. The van der Waals surface area contributed by atoms with E-state index in [-0.39, 0.29) is 5.91 Å². The molecule has 0 bridgehead atoms. The third-order valence-corrected chi connectivity index (χ3v) is 4.42. The third-order valence-electron chi connectivity index (χ3n) is 4.42. The molecule has 1 aromatic rings. The number of pyridine rings is 1. The van der Waals surface area contributed by atoms with Gasteiger partial charge in [-0.3, -0.25) is 14.7 Å². The van der Waals surface area contributed by atoms with Crippen LogP contribution in [0.15, 0.2) is 24.5 Å². The zero-order valence-electron chi connectivity index (χ0n) is 11.2. The zero-order valence-corrected chi connectivity index (χ0v) is 11.2. The predicted octanol–water partition coefficient (Wildman–Crippen LogP) is 1.43. The first-order chi connectivity index (χ1) is 9.31. The van der Waals surface area contributed by atoms with Crippen molar-refractivity contribution in [3.63, 3.8) is 0 Å². The van der Waals surface area contributed by atoms with Crippen LogP contribution in [0.4, 0.5) is 0 Å². The summed E-state index contributed by atoms with van der Waals surface area (Å²) in [5.41, 5.74) is 1.33. The second-order valence-corrected chi connectivity index (χ2v) is 5.74. The number of nitrogens with zero attached hydrogens (tertiary/aromatic N) is 2. The van der Waals surface area contributed by atoms with Crippen molar-refractivity contribution in [2.24, 2.45) is 11.8 Å². The van der Waals surface area contributed by atoms with Gasteiger partial charge in [-0.2, -0.15) is 0 Å². The lowest BCUT2D eigenvalue weighted by Gasteiger charge is -2.37. The molecule has 1 amide bonds. The van der Waals surface area contributed by atoms with Gasteiger partial charge in [0.1, 0.15) is 0 Å². The summed E-state index contributed by atoms with van der Waals surface area (Å²) in [6, 6.07) is 4.18. The summed E-state index contributed by atoms with van der Waals surface area (Å²) in [6.07, 6.45) is 6.73. The molecule has 19 heavy (non-hydrogen) atoms. The van der Waals surface area contributed by atoms with Gasteiger partial charge in [-0.15, -0.1) is 0 Å². The van der Waals surface area contributed by atoms with Crippen LogP contribution in [0.1, 0.15) is 24.8 Å². The molecule has 1 aromatic heterocycles. The van der Waals surface area contributed by atoms with Crippen LogP contribution >= 0.6 is 0 Å². The van der Waals surface area contributed by atoms with Gasteiger partial charge in [0.15, 0.2) is 0 Å². The molecule has 0 spiro atoms. The number of piperidine rings is 1. The average molecular weight is 259 g/mol. The van der Waals surface area contributed by atoms with Crippen molar-refractivity contribution in [1.82, 2.24) is 15.2 Å². The monoisotopic (exact) mass is 259 g/mol. The molecule has 4 nitrogen and oxygen atoms in total. The zero-order chi connectivity index (χ0) is 13.1. The number of hydrogen-bond acceptors (Lipinski definition) is 3. The second-order valence-electron chi connectivity index (χ2n) is 5.74. The van der Waals surface area contributed by atoms with E-state index < -0.39 is 0 Å². The maximum absolute atomic E-state index is 11.6. The molecule has 0 aliphatic carbocycles. The molecule has 3 heterocycles. The molecule has 2 aliphatic heterocycles. The summed E-state index contributed by atoms with van der Waals surface area (Å²) >= 11 is 0. The van der Waals surface area contributed by atoms with Crippen LogP contribution in [0, 0.1) is 11.8 Å². The molecule has 0 saturated carbocycles. The van der Waals surface area contributed by atoms with Crippen molar-refractivity contribution in [1.29, 1.82) is 0 Å². The predicted molar refractivity (Wildman–Crippen MR) is 73.4 cm³/mol. The average Bonchev–Trinajstić information content (AvgIpc) is 2.60. The minimum absolute atomic E-state index is 0.245. The lowest BCUT2D eigenvalue weighted by molar-refractivity contribution is -0.121. The van der Waals surface area contributed by atoms with E-state index in [4.69, 9.17) is 0 Å². The van der Waals surface area contributed by atoms with E-state index >= 15 is 0 Å². The Hall–Kier alpha value is -1.42. The number of hydrogen-bond donors (Lipinski definition) is 1. The normalized spacial score (nSPS) is 28.3. The van der Waals surface area contributed by atoms with Crippen LogP contribution in [-0.4, -0.2) is 35.4 Å². The smallest absolute Gasteiger partial charge is 0.220 e. The van der Waals surface area contributed by atoms with Crippen molar-refractivity contribution < 1.29 is 4.79 Å². The highest BCUT2D eigenvalue weighted by Crippen LogP contribution is 2.30. The fourth-order valence-electron chi connectivity index (χ4n) is 3.35. The standard InChI is InChI=1S/C15H21N3O/c19-15-9-13-4-8-18(11-14(13)3-7-17-15)10-12-1-5-16-6-2-12/h1-2,5-6,13-14H,3-4,7-11H2,(H,17,19). The first-order valence-electron chi connectivity index (χ1n) is 7.19. The Morgan fingerprint density at radius 2 is 2.11 bits per heavy atom. The summed E-state index contributed by atoms with van der Waals surface area (Å²) in [4.78, 5) is 18.2. The van der Waals surface area contributed by atoms with E-state index in [0.717, 1.165) is 45.4 Å². The summed E-state index contributed by atoms with van der Waals surface area (Å²) < 4.78 is 0. The Kier molecular flexibility index (Phi) is 3.78. The van der Waals surface area contributed by atoms with Gasteiger partial charge in [0.05, 0.1) is 0 Å². The Labute approximate surface area is 114 Å². The summed E-state index contributed by atoms with van der Waals surface area (Å²) in [7, 11) is 0. The number of aromatic nitrogens is 1. The number of carbonyl (C=O) groups excluding carboxylic acids is 1. The highest BCUT2D eigenvalue weighted by Gasteiger charge is 2.32. The first kappa shape index (κ1) is 12.6. The second kappa shape index (κ2) is 5.70. The van der Waals surface area contributed by atoms with E-state index in [0.29, 0.717) is 11.8 Å². The maximum Gasteiger partial charge on any atom is 0.220 e. The number of likely N-dealkylation sites (tertiary alicyclic amines) is 1. The number of nitrogens with one attached hydrogen (secondary N) is 1. The lowest BCUT2D eigenvalue weighted by atomic mass is 9.82. The van der Waals surface area contributed by atoms with E-state index in [1.165, 1.54) is 5.56 Å². The van der Waals surface area contributed by atoms with Gasteiger partial charge in [-0.25, -0.2) is 0 Å². The Morgan fingerprint density at radius 1 is 1.26 bits per heavy atom. The summed E-state index contributed by atoms with van der Waals surface area (Å²) in [5.74, 6) is 1.51. The van der Waals surface area contributed by atoms with Crippen LogP contribution in [-0.2, 0) is 11.3 Å². The molecule has 102 valence electrons. The van der Waals surface area contributed by atoms with Crippen molar-refractivity contribution in [3.05, 3.63) is 30.1 Å². The Balaban J connectivity index is 1.61. The van der Waals surface area contributed by atoms with E-state index in [2.05, 4.69) is 27.3 Å². The fraction of sp³-hybridized carbons (Fsp3) is 0.600. The summed E-state index contributed by atoms with van der Waals surface area (Å²) in [5, 5.41) is 3.00. The van der Waals surface area contributed by atoms with Gasteiger partial charge in [0.2, 0.25) is 5.91 Å². The largest absolute Gasteiger partial charge is 0.356 e. The Bertz CT molecular complexity index is 434. The van der Waals surface area contributed by atoms with Gasteiger partial charge in [-0.05, 0) is 48.9 Å². The van der Waals surface area contributed by atoms with Gasteiger partial charge < -0.3 is 5.32 Å². The molecule has 2 fully saturated rings. The third kappa shape index (κ3) is 3.13. The summed E-state index contributed by atoms with van der Waals surface area (Å²) in [6.45, 7) is 4.09. The van der Waals surface area contributed by atoms with Crippen LogP contribution in [0.25, 0.3) is 0 Å². The molecule has 2 unspecified atom stereocenters. The molecular formula is C15H21N3O. The first-order valence-corrected chi connectivity index (χ1v) is 7.19. The highest BCUT2D eigenvalue weighted by molar-refractivity contribution is 5.76. The van der Waals surface area contributed by atoms with Crippen molar-refractivity contribution in [2.45, 2.75) is 25.8 Å². The molecule has 3 rings (SSSR count). The van der Waals surface area contributed by atoms with Crippen LogP contribution in [0.2, 0.25) is 0 Å². The lowest BCUT2D eigenvalue weighted by Crippen LogP contribution is -2.40. The maximum atomic E-state index is 11.6. The van der Waals surface area contributed by atoms with Crippen molar-refractivity contribution in [2.75, 3.05) is 19.6 Å². The Morgan fingerprint density at radius 3 is 2.95 bits per heavy atom. The van der Waals surface area contributed by atoms with E-state index in [9.17, 15) is 4.79 Å². The highest BCUT2D eigenvalue weighted by atomic mass is 16.1. The van der Waals surface area contributed by atoms with Gasteiger partial charge in [-0.1, -0.05) is 0 Å².